The Bertz CT molecular complexity index is 161. The average Bonchev–Trinajstić information content (AvgIpc) is 2.34. The molecule has 10 heavy (non-hydrogen) atoms. The van der Waals surface area contributed by atoms with Gasteiger partial charge >= 0.3 is 0 Å². The number of rotatable bonds is 1. The molecule has 0 heteroatoms. The van der Waals surface area contributed by atoms with Crippen LogP contribution in [0.25, 0.3) is 0 Å². The van der Waals surface area contributed by atoms with Gasteiger partial charge in [-0.15, -0.1) is 5.73 Å². The van der Waals surface area contributed by atoms with Crippen molar-refractivity contribution in [3.63, 3.8) is 0 Å². The minimum absolute atomic E-state index is 0.789. The summed E-state index contributed by atoms with van der Waals surface area (Å²) >= 11 is 0. The molecular weight excluding hydrogens is 120 g/mol. The van der Waals surface area contributed by atoms with E-state index in [1.54, 1.807) is 0 Å². The third-order valence-corrected chi connectivity index (χ3v) is 2.70. The monoisotopic (exact) mass is 136 g/mol. The molecule has 0 aromatic heterocycles. The van der Waals surface area contributed by atoms with Crippen molar-refractivity contribution in [2.24, 2.45) is 11.8 Å². The van der Waals surface area contributed by atoms with Gasteiger partial charge in [-0.3, -0.25) is 0 Å². The van der Waals surface area contributed by atoms with Gasteiger partial charge in [-0.2, -0.15) is 0 Å². The van der Waals surface area contributed by atoms with Crippen LogP contribution < -0.4 is 0 Å². The van der Waals surface area contributed by atoms with E-state index in [0.29, 0.717) is 0 Å². The quantitative estimate of drug-likeness (QED) is 0.486. The van der Waals surface area contributed by atoms with Crippen molar-refractivity contribution in [3.05, 3.63) is 17.9 Å². The summed E-state index contributed by atoms with van der Waals surface area (Å²) in [5, 5.41) is 0. The van der Waals surface area contributed by atoms with Gasteiger partial charge in [0.25, 0.3) is 0 Å². The first kappa shape index (κ1) is 7.63. The van der Waals surface area contributed by atoms with Crippen LogP contribution in [0.5, 0.6) is 0 Å². The summed E-state index contributed by atoms with van der Waals surface area (Å²) in [7, 11) is 0. The lowest BCUT2D eigenvalue weighted by molar-refractivity contribution is 0.481. The van der Waals surface area contributed by atoms with Gasteiger partial charge in [0.1, 0.15) is 0 Å². The Morgan fingerprint density at radius 3 is 2.60 bits per heavy atom. The molecule has 56 valence electrons. The van der Waals surface area contributed by atoms with Crippen molar-refractivity contribution in [2.75, 3.05) is 0 Å². The highest BCUT2D eigenvalue weighted by molar-refractivity contribution is 5.04. The van der Waals surface area contributed by atoms with Crippen molar-refractivity contribution in [1.29, 1.82) is 0 Å². The molecule has 1 rings (SSSR count). The minimum atomic E-state index is 0.789. The molecule has 0 radical (unpaired) electrons. The second-order valence-electron chi connectivity index (χ2n) is 3.37. The van der Waals surface area contributed by atoms with E-state index in [0.717, 1.165) is 11.8 Å². The Morgan fingerprint density at radius 2 is 2.20 bits per heavy atom. The normalized spacial score (nSPS) is 31.8. The molecule has 0 aromatic rings. The van der Waals surface area contributed by atoms with Gasteiger partial charge < -0.3 is 0 Å². The van der Waals surface area contributed by atoms with E-state index in [1.807, 2.05) is 0 Å². The van der Waals surface area contributed by atoms with Crippen molar-refractivity contribution in [3.8, 4) is 0 Å². The largest absolute Gasteiger partial charge is 0.130 e. The van der Waals surface area contributed by atoms with Crippen LogP contribution in [-0.4, -0.2) is 0 Å². The van der Waals surface area contributed by atoms with Gasteiger partial charge in [0, 0.05) is 0 Å². The highest BCUT2D eigenvalue weighted by atomic mass is 14.3. The van der Waals surface area contributed by atoms with Gasteiger partial charge in [0.2, 0.25) is 0 Å². The zero-order chi connectivity index (χ0) is 7.56. The Hall–Kier alpha value is -0.480. The van der Waals surface area contributed by atoms with Crippen LogP contribution in [0.1, 0.15) is 33.1 Å². The lowest BCUT2D eigenvalue weighted by Gasteiger charge is -2.13. The van der Waals surface area contributed by atoms with Gasteiger partial charge in [0.15, 0.2) is 0 Å². The zero-order valence-electron chi connectivity index (χ0n) is 6.98. The smallest absolute Gasteiger partial charge is 0.0104 e. The van der Waals surface area contributed by atoms with Crippen LogP contribution >= 0.6 is 0 Å². The minimum Gasteiger partial charge on any atom is -0.130 e. The number of allylic oxidation sites excluding steroid dienone is 1. The molecule has 0 unspecified atom stereocenters. The molecule has 0 N–H and O–H groups in total. The standard InChI is InChI=1S/C10H16/c1-4-8(2)10-7-5-6-9(10)3/h9-10H,1,5-7H2,2-3H3/t9-,10-/m1/s1. The molecule has 1 aliphatic rings. The van der Waals surface area contributed by atoms with Crippen molar-refractivity contribution in [2.45, 2.75) is 33.1 Å². The van der Waals surface area contributed by atoms with Crippen LogP contribution in [0.4, 0.5) is 0 Å². The van der Waals surface area contributed by atoms with E-state index >= 15 is 0 Å². The average molecular weight is 136 g/mol. The summed E-state index contributed by atoms with van der Waals surface area (Å²) < 4.78 is 0. The summed E-state index contributed by atoms with van der Waals surface area (Å²) in [5.74, 6) is 1.66. The van der Waals surface area contributed by atoms with Crippen LogP contribution in [-0.2, 0) is 0 Å². The van der Waals surface area contributed by atoms with E-state index < -0.39 is 0 Å². The van der Waals surface area contributed by atoms with Gasteiger partial charge in [-0.05, 0) is 30.8 Å². The molecule has 0 aliphatic heterocycles. The Balaban J connectivity index is 2.64. The lowest BCUT2D eigenvalue weighted by Crippen LogP contribution is -2.03. The number of hydrogen-bond acceptors (Lipinski definition) is 0. The van der Waals surface area contributed by atoms with Crippen LogP contribution in [0.2, 0.25) is 0 Å². The molecule has 0 amide bonds. The second kappa shape index (κ2) is 3.07. The fourth-order valence-corrected chi connectivity index (χ4v) is 1.92. The molecule has 1 saturated carbocycles. The molecule has 0 nitrogen and oxygen atoms in total. The molecule has 0 saturated heterocycles. The van der Waals surface area contributed by atoms with Gasteiger partial charge in [-0.25, -0.2) is 0 Å². The third-order valence-electron chi connectivity index (χ3n) is 2.70. The Labute approximate surface area is 63.6 Å². The third kappa shape index (κ3) is 1.33. The number of hydrogen-bond donors (Lipinski definition) is 0. The SMILES string of the molecule is C=C=C(C)[C@H]1CCC[C@H]1C. The molecule has 1 fully saturated rings. The van der Waals surface area contributed by atoms with Crippen molar-refractivity contribution >= 4 is 0 Å². The maximum absolute atomic E-state index is 3.68. The Kier molecular flexibility index (Phi) is 2.34. The summed E-state index contributed by atoms with van der Waals surface area (Å²) in [6.45, 7) is 8.16. The molecule has 2 atom stereocenters. The summed E-state index contributed by atoms with van der Waals surface area (Å²) in [5.41, 5.74) is 4.37. The van der Waals surface area contributed by atoms with E-state index in [9.17, 15) is 0 Å². The summed E-state index contributed by atoms with van der Waals surface area (Å²) in [4.78, 5) is 0. The lowest BCUT2D eigenvalue weighted by atomic mass is 9.92. The van der Waals surface area contributed by atoms with Crippen molar-refractivity contribution in [1.82, 2.24) is 0 Å². The highest BCUT2D eigenvalue weighted by Crippen LogP contribution is 2.35. The van der Waals surface area contributed by atoms with E-state index in [-0.39, 0.29) is 0 Å². The molecular formula is C10H16. The molecule has 0 heterocycles. The molecule has 0 aromatic carbocycles. The van der Waals surface area contributed by atoms with E-state index in [1.165, 1.54) is 24.8 Å². The molecule has 0 spiro atoms. The summed E-state index contributed by atoms with van der Waals surface area (Å²) in [6, 6.07) is 0. The van der Waals surface area contributed by atoms with Crippen LogP contribution in [0.3, 0.4) is 0 Å². The molecule has 1 aliphatic carbocycles. The first-order valence-corrected chi connectivity index (χ1v) is 4.12. The predicted molar refractivity (Wildman–Crippen MR) is 44.8 cm³/mol. The predicted octanol–water partition coefficient (Wildman–Crippen LogP) is 3.15. The highest BCUT2D eigenvalue weighted by Gasteiger charge is 2.23. The summed E-state index contributed by atoms with van der Waals surface area (Å²) in [6.07, 6.45) is 4.14. The fourth-order valence-electron chi connectivity index (χ4n) is 1.92. The maximum atomic E-state index is 3.68. The second-order valence-corrected chi connectivity index (χ2v) is 3.37. The maximum Gasteiger partial charge on any atom is -0.0104 e. The van der Waals surface area contributed by atoms with Crippen molar-refractivity contribution < 1.29 is 0 Å². The van der Waals surface area contributed by atoms with Crippen LogP contribution in [0, 0.1) is 11.8 Å². The van der Waals surface area contributed by atoms with Gasteiger partial charge in [-0.1, -0.05) is 26.3 Å². The Morgan fingerprint density at radius 1 is 1.50 bits per heavy atom. The van der Waals surface area contributed by atoms with E-state index in [2.05, 4.69) is 26.2 Å². The van der Waals surface area contributed by atoms with Gasteiger partial charge in [0.05, 0.1) is 0 Å². The zero-order valence-corrected chi connectivity index (χ0v) is 6.98. The molecule has 0 bridgehead atoms. The van der Waals surface area contributed by atoms with E-state index in [4.69, 9.17) is 0 Å². The first-order valence-electron chi connectivity index (χ1n) is 4.12. The van der Waals surface area contributed by atoms with Crippen LogP contribution in [0.15, 0.2) is 17.9 Å². The first-order chi connectivity index (χ1) is 4.75. The topological polar surface area (TPSA) is 0 Å². The fraction of sp³-hybridized carbons (Fsp3) is 0.700.